The molecule has 2 rings (SSSR count). The van der Waals surface area contributed by atoms with Crippen molar-refractivity contribution >= 4 is 11.8 Å². The summed E-state index contributed by atoms with van der Waals surface area (Å²) in [7, 11) is 0. The van der Waals surface area contributed by atoms with E-state index in [1.807, 2.05) is 4.90 Å². The fraction of sp³-hybridized carbons (Fsp3) is 0.474. The summed E-state index contributed by atoms with van der Waals surface area (Å²) in [4.78, 5) is 26.1. The summed E-state index contributed by atoms with van der Waals surface area (Å²) in [5.74, 6) is 2.69. The lowest BCUT2D eigenvalue weighted by molar-refractivity contribution is -0.139. The number of likely N-dealkylation sites (tertiary alicyclic amines) is 1. The number of hydrogen-bond acceptors (Lipinski definition) is 3. The Labute approximate surface area is 143 Å². The minimum absolute atomic E-state index is 0.00513. The third kappa shape index (κ3) is 4.51. The van der Waals surface area contributed by atoms with Crippen LogP contribution >= 0.6 is 0 Å². The smallest absolute Gasteiger partial charge is 0.260 e. The maximum Gasteiger partial charge on any atom is 0.260 e. The Kier molecular flexibility index (Phi) is 6.25. The van der Waals surface area contributed by atoms with E-state index >= 15 is 0 Å². The molecule has 1 aromatic carbocycles. The van der Waals surface area contributed by atoms with Gasteiger partial charge in [0, 0.05) is 17.6 Å². The number of ether oxygens (including phenoxy) is 1. The predicted molar refractivity (Wildman–Crippen MR) is 92.7 cm³/mol. The van der Waals surface area contributed by atoms with E-state index in [0.29, 0.717) is 11.3 Å². The molecule has 2 unspecified atom stereocenters. The van der Waals surface area contributed by atoms with E-state index in [9.17, 15) is 9.59 Å². The predicted octanol–water partition coefficient (Wildman–Crippen LogP) is 2.22. The number of amides is 2. The van der Waals surface area contributed by atoms with Crippen LogP contribution in [0.2, 0.25) is 0 Å². The molecule has 128 valence electrons. The Morgan fingerprint density at radius 1 is 1.25 bits per heavy atom. The number of hydrogen-bond donors (Lipinski definition) is 1. The van der Waals surface area contributed by atoms with Crippen LogP contribution in [0.3, 0.4) is 0 Å². The van der Waals surface area contributed by atoms with Crippen LogP contribution in [0.5, 0.6) is 5.75 Å². The molecule has 1 aliphatic rings. The van der Waals surface area contributed by atoms with Crippen molar-refractivity contribution in [2.75, 3.05) is 13.2 Å². The van der Waals surface area contributed by atoms with Crippen molar-refractivity contribution in [1.29, 1.82) is 0 Å². The molecule has 2 atom stereocenters. The van der Waals surface area contributed by atoms with Gasteiger partial charge in [0.1, 0.15) is 5.75 Å². The number of benzene rings is 1. The lowest BCUT2D eigenvalue weighted by Gasteiger charge is -2.38. The molecular weight excluding hydrogens is 304 g/mol. The van der Waals surface area contributed by atoms with Crippen molar-refractivity contribution in [2.24, 2.45) is 0 Å². The minimum Gasteiger partial charge on any atom is -0.484 e. The summed E-state index contributed by atoms with van der Waals surface area (Å²) in [5, 5.41) is 2.59. The third-order valence-corrected chi connectivity index (χ3v) is 4.31. The number of carbonyl (C=O) groups excluding carboxylic acids is 2. The Bertz CT molecular complexity index is 608. The number of terminal acetylenes is 1. The van der Waals surface area contributed by atoms with Gasteiger partial charge in [-0.25, -0.2) is 0 Å². The van der Waals surface area contributed by atoms with Crippen molar-refractivity contribution in [2.45, 2.75) is 45.2 Å². The molecule has 0 radical (unpaired) electrons. The summed E-state index contributed by atoms with van der Waals surface area (Å²) in [6.07, 6.45) is 8.35. The van der Waals surface area contributed by atoms with Gasteiger partial charge in [-0.3, -0.25) is 9.59 Å². The molecule has 0 aromatic heterocycles. The first-order valence-corrected chi connectivity index (χ1v) is 8.28. The second-order valence-corrected chi connectivity index (χ2v) is 6.13. The Hall–Kier alpha value is -2.48. The first-order valence-electron chi connectivity index (χ1n) is 8.28. The first kappa shape index (κ1) is 17.9. The molecule has 1 saturated heterocycles. The van der Waals surface area contributed by atoms with E-state index in [-0.39, 0.29) is 37.0 Å². The zero-order chi connectivity index (χ0) is 17.5. The van der Waals surface area contributed by atoms with Gasteiger partial charge in [0.15, 0.2) is 6.61 Å². The van der Waals surface area contributed by atoms with Crippen LogP contribution in [0.15, 0.2) is 24.3 Å². The molecule has 1 aliphatic heterocycles. The molecule has 1 N–H and O–H groups in total. The molecule has 1 aromatic rings. The van der Waals surface area contributed by atoms with Gasteiger partial charge in [0.2, 0.25) is 0 Å². The van der Waals surface area contributed by atoms with Gasteiger partial charge in [-0.05, 0) is 57.4 Å². The summed E-state index contributed by atoms with van der Waals surface area (Å²) < 4.78 is 5.58. The van der Waals surface area contributed by atoms with Gasteiger partial charge >= 0.3 is 0 Å². The van der Waals surface area contributed by atoms with Crippen molar-refractivity contribution in [3.8, 4) is 18.1 Å². The first-order chi connectivity index (χ1) is 11.5. The van der Waals surface area contributed by atoms with E-state index in [1.54, 1.807) is 24.3 Å². The maximum absolute atomic E-state index is 12.4. The molecule has 0 bridgehead atoms. The van der Waals surface area contributed by atoms with Crippen LogP contribution in [-0.4, -0.2) is 41.9 Å². The van der Waals surface area contributed by atoms with Crippen molar-refractivity contribution < 1.29 is 14.3 Å². The van der Waals surface area contributed by atoms with Crippen molar-refractivity contribution in [3.63, 3.8) is 0 Å². The number of nitrogens with one attached hydrogen (secondary N) is 1. The van der Waals surface area contributed by atoms with Crippen LogP contribution in [0.1, 0.15) is 43.5 Å². The van der Waals surface area contributed by atoms with E-state index < -0.39 is 0 Å². The highest BCUT2D eigenvalue weighted by Crippen LogP contribution is 2.22. The molecule has 1 fully saturated rings. The molecule has 0 saturated carbocycles. The molecular formula is C19H24N2O3. The normalized spacial score (nSPS) is 20.1. The Morgan fingerprint density at radius 3 is 2.46 bits per heavy atom. The number of piperidine rings is 1. The Balaban J connectivity index is 1.89. The highest BCUT2D eigenvalue weighted by Gasteiger charge is 2.28. The average Bonchev–Trinajstić information content (AvgIpc) is 2.58. The van der Waals surface area contributed by atoms with Crippen molar-refractivity contribution in [3.05, 3.63) is 29.8 Å². The number of rotatable bonds is 5. The van der Waals surface area contributed by atoms with Gasteiger partial charge in [-0.15, -0.1) is 6.42 Å². The van der Waals surface area contributed by atoms with Crippen LogP contribution in [-0.2, 0) is 4.79 Å². The minimum atomic E-state index is -0.230. The van der Waals surface area contributed by atoms with Gasteiger partial charge in [-0.2, -0.15) is 0 Å². The van der Waals surface area contributed by atoms with Crippen LogP contribution in [0, 0.1) is 12.3 Å². The molecule has 2 amide bonds. The zero-order valence-corrected chi connectivity index (χ0v) is 14.2. The molecule has 5 heteroatoms. The van der Waals surface area contributed by atoms with Gasteiger partial charge in [0.25, 0.3) is 11.8 Å². The molecule has 0 spiro atoms. The number of nitrogens with zero attached hydrogens (tertiary/aromatic N) is 1. The van der Waals surface area contributed by atoms with E-state index in [4.69, 9.17) is 11.2 Å². The SMILES string of the molecule is C#CCNC(=O)c1ccc(OCC(=O)N2C(C)CCCC2C)cc1. The summed E-state index contributed by atoms with van der Waals surface area (Å²) in [5.41, 5.74) is 0.502. The van der Waals surface area contributed by atoms with Crippen LogP contribution < -0.4 is 10.1 Å². The molecule has 0 aliphatic carbocycles. The lowest BCUT2D eigenvalue weighted by atomic mass is 9.97. The van der Waals surface area contributed by atoms with Crippen molar-refractivity contribution in [1.82, 2.24) is 10.2 Å². The van der Waals surface area contributed by atoms with Gasteiger partial charge < -0.3 is 15.0 Å². The summed E-state index contributed by atoms with van der Waals surface area (Å²) in [6, 6.07) is 7.18. The summed E-state index contributed by atoms with van der Waals surface area (Å²) in [6.45, 7) is 4.36. The lowest BCUT2D eigenvalue weighted by Crippen LogP contribution is -2.49. The van der Waals surface area contributed by atoms with Gasteiger partial charge in [-0.1, -0.05) is 5.92 Å². The van der Waals surface area contributed by atoms with Crippen LogP contribution in [0.4, 0.5) is 0 Å². The largest absolute Gasteiger partial charge is 0.484 e. The molecule has 1 heterocycles. The molecule has 24 heavy (non-hydrogen) atoms. The standard InChI is InChI=1S/C19H24N2O3/c1-4-12-20-19(23)16-8-10-17(11-9-16)24-13-18(22)21-14(2)6-5-7-15(21)3/h1,8-11,14-15H,5-7,12-13H2,2-3H3,(H,20,23). The zero-order valence-electron chi connectivity index (χ0n) is 14.2. The Morgan fingerprint density at radius 2 is 1.88 bits per heavy atom. The highest BCUT2D eigenvalue weighted by atomic mass is 16.5. The van der Waals surface area contributed by atoms with E-state index in [2.05, 4.69) is 25.1 Å². The fourth-order valence-corrected chi connectivity index (χ4v) is 3.07. The fourth-order valence-electron chi connectivity index (χ4n) is 3.07. The number of carbonyl (C=O) groups is 2. The monoisotopic (exact) mass is 328 g/mol. The topological polar surface area (TPSA) is 58.6 Å². The van der Waals surface area contributed by atoms with Crippen LogP contribution in [0.25, 0.3) is 0 Å². The highest BCUT2D eigenvalue weighted by molar-refractivity contribution is 5.94. The molecule has 5 nitrogen and oxygen atoms in total. The maximum atomic E-state index is 12.4. The quantitative estimate of drug-likeness (QED) is 0.843. The second kappa shape index (κ2) is 8.39. The third-order valence-electron chi connectivity index (χ3n) is 4.31. The second-order valence-electron chi connectivity index (χ2n) is 6.13. The average molecular weight is 328 g/mol. The van der Waals surface area contributed by atoms with E-state index in [1.165, 1.54) is 0 Å². The van der Waals surface area contributed by atoms with Gasteiger partial charge in [0.05, 0.1) is 6.54 Å². The van der Waals surface area contributed by atoms with E-state index in [0.717, 1.165) is 19.3 Å². The summed E-state index contributed by atoms with van der Waals surface area (Å²) >= 11 is 0.